The van der Waals surface area contributed by atoms with Gasteiger partial charge in [0.1, 0.15) is 12.7 Å². The van der Waals surface area contributed by atoms with Crippen molar-refractivity contribution in [3.8, 4) is 22.8 Å². The van der Waals surface area contributed by atoms with Crippen LogP contribution in [0.25, 0.3) is 11.3 Å². The molecule has 32 heavy (non-hydrogen) atoms. The van der Waals surface area contributed by atoms with Crippen LogP contribution in [0.1, 0.15) is 23.4 Å². The summed E-state index contributed by atoms with van der Waals surface area (Å²) in [6.45, 7) is 3.83. The van der Waals surface area contributed by atoms with Crippen LogP contribution in [0.3, 0.4) is 0 Å². The van der Waals surface area contributed by atoms with Gasteiger partial charge in [-0.25, -0.2) is 9.13 Å². The van der Waals surface area contributed by atoms with Gasteiger partial charge in [-0.2, -0.15) is 0 Å². The number of fused-ring (bicyclic) bond motifs is 1. The van der Waals surface area contributed by atoms with Gasteiger partial charge >= 0.3 is 0 Å². The van der Waals surface area contributed by atoms with Crippen molar-refractivity contribution in [1.82, 2.24) is 4.57 Å². The van der Waals surface area contributed by atoms with Crippen LogP contribution in [-0.2, 0) is 25.9 Å². The summed E-state index contributed by atoms with van der Waals surface area (Å²) in [7, 11) is 3.24. The third-order valence-corrected chi connectivity index (χ3v) is 5.78. The second-order valence-corrected chi connectivity index (χ2v) is 7.89. The summed E-state index contributed by atoms with van der Waals surface area (Å²) in [6.07, 6.45) is 4.88. The van der Waals surface area contributed by atoms with Crippen molar-refractivity contribution in [3.63, 3.8) is 0 Å². The van der Waals surface area contributed by atoms with Gasteiger partial charge in [-0.3, -0.25) is 0 Å². The van der Waals surface area contributed by atoms with Crippen molar-refractivity contribution in [2.75, 3.05) is 20.8 Å². The van der Waals surface area contributed by atoms with E-state index in [-0.39, 0.29) is 24.8 Å². The topological polar surface area (TPSA) is 62.7 Å². The van der Waals surface area contributed by atoms with E-state index >= 15 is 0 Å². The van der Waals surface area contributed by atoms with E-state index in [1.54, 1.807) is 14.2 Å². The molecule has 0 radical (unpaired) electrons. The summed E-state index contributed by atoms with van der Waals surface area (Å²) in [4.78, 5) is 4.29. The van der Waals surface area contributed by atoms with Crippen molar-refractivity contribution in [1.29, 1.82) is 0 Å². The Labute approximate surface area is 195 Å². The number of nitrogens with zero attached hydrogens (tertiary/aromatic N) is 3. The molecule has 0 fully saturated rings. The van der Waals surface area contributed by atoms with Gasteiger partial charge in [0.05, 0.1) is 27.2 Å². The molecular formula is C25H30ClN3O3. The van der Waals surface area contributed by atoms with Crippen LogP contribution < -0.4 is 19.1 Å². The molecule has 4 rings (SSSR count). The Morgan fingerprint density at radius 1 is 1.09 bits per heavy atom. The molecule has 0 bridgehead atoms. The van der Waals surface area contributed by atoms with Gasteiger partial charge in [0.15, 0.2) is 17.2 Å². The molecule has 6 nitrogen and oxygen atoms in total. The molecule has 1 aromatic heterocycles. The van der Waals surface area contributed by atoms with E-state index in [0.717, 1.165) is 24.9 Å². The molecule has 0 unspecified atom stereocenters. The largest absolute Gasteiger partial charge is 0.859 e. The normalized spacial score (nSPS) is 12.9. The zero-order valence-electron chi connectivity index (χ0n) is 18.8. The quantitative estimate of drug-likeness (QED) is 0.298. The lowest BCUT2D eigenvalue weighted by Gasteiger charge is -2.11. The Morgan fingerprint density at radius 2 is 1.84 bits per heavy atom. The first kappa shape index (κ1) is 23.7. The molecule has 0 amide bonds. The fourth-order valence-electron chi connectivity index (χ4n) is 4.14. The third-order valence-electron chi connectivity index (χ3n) is 5.78. The second-order valence-electron chi connectivity index (χ2n) is 7.89. The zero-order chi connectivity index (χ0) is 21.8. The van der Waals surface area contributed by atoms with Crippen LogP contribution in [0, 0.1) is 6.92 Å². The van der Waals surface area contributed by atoms with Gasteiger partial charge in [-0.15, -0.1) is 12.4 Å². The smallest absolute Gasteiger partial charge is 0.257 e. The van der Waals surface area contributed by atoms with Gasteiger partial charge in [0.2, 0.25) is 0 Å². The minimum Gasteiger partial charge on any atom is -0.859 e. The lowest BCUT2D eigenvalue weighted by Crippen LogP contribution is -2.44. The summed E-state index contributed by atoms with van der Waals surface area (Å²) in [5, 5.41) is 12.6. The average molecular weight is 456 g/mol. The number of halogens is 1. The second kappa shape index (κ2) is 10.6. The predicted octanol–water partition coefficient (Wildman–Crippen LogP) is 3.14. The van der Waals surface area contributed by atoms with Gasteiger partial charge in [-0.05, 0) is 37.5 Å². The third kappa shape index (κ3) is 5.07. The summed E-state index contributed by atoms with van der Waals surface area (Å²) >= 11 is 0. The lowest BCUT2D eigenvalue weighted by molar-refractivity contribution is -0.693. The first-order valence-electron chi connectivity index (χ1n) is 10.7. The number of hydrogen-bond acceptors (Lipinski definition) is 4. The van der Waals surface area contributed by atoms with Gasteiger partial charge < -0.3 is 19.6 Å². The number of methoxy groups -OCH3 is 2. The van der Waals surface area contributed by atoms with E-state index in [1.165, 1.54) is 22.6 Å². The summed E-state index contributed by atoms with van der Waals surface area (Å²) in [5.74, 6) is 2.50. The highest BCUT2D eigenvalue weighted by Crippen LogP contribution is 2.28. The van der Waals surface area contributed by atoms with E-state index in [9.17, 15) is 5.11 Å². The average Bonchev–Trinajstić information content (AvgIpc) is 3.38. The molecule has 1 aliphatic heterocycles. The van der Waals surface area contributed by atoms with E-state index in [2.05, 4.69) is 51.5 Å². The Morgan fingerprint density at radius 3 is 2.56 bits per heavy atom. The Hall–Kier alpha value is -2.99. The molecule has 0 saturated heterocycles. The maximum atomic E-state index is 12.6. The molecule has 1 aliphatic rings. The monoisotopic (exact) mass is 455 g/mol. The molecule has 0 N–H and O–H groups in total. The molecule has 0 atom stereocenters. The van der Waals surface area contributed by atoms with Crippen LogP contribution in [0.5, 0.6) is 11.5 Å². The highest BCUT2D eigenvalue weighted by atomic mass is 35.5. The Kier molecular flexibility index (Phi) is 7.80. The number of aromatic nitrogens is 2. The minimum absolute atomic E-state index is 0. The van der Waals surface area contributed by atoms with Crippen molar-refractivity contribution >= 4 is 18.3 Å². The highest BCUT2D eigenvalue weighted by Gasteiger charge is 2.28. The Bertz CT molecular complexity index is 1090. The number of aliphatic imine (C=N–C) groups is 1. The van der Waals surface area contributed by atoms with Crippen molar-refractivity contribution < 1.29 is 19.1 Å². The van der Waals surface area contributed by atoms with Gasteiger partial charge in [0, 0.05) is 18.0 Å². The van der Waals surface area contributed by atoms with E-state index < -0.39 is 0 Å². The molecule has 7 heteroatoms. The number of rotatable bonds is 8. The molecule has 170 valence electrons. The maximum absolute atomic E-state index is 12.6. The van der Waals surface area contributed by atoms with Crippen molar-refractivity contribution in [3.05, 3.63) is 65.6 Å². The van der Waals surface area contributed by atoms with E-state index in [4.69, 9.17) is 9.47 Å². The number of aryl methyl sites for hydroxylation is 1. The summed E-state index contributed by atoms with van der Waals surface area (Å²) in [5.41, 5.74) is 4.66. The van der Waals surface area contributed by atoms with Gasteiger partial charge in [-0.1, -0.05) is 35.9 Å². The minimum atomic E-state index is -0.0961. The summed E-state index contributed by atoms with van der Waals surface area (Å²) in [6, 6.07) is 14.3. The first-order chi connectivity index (χ1) is 15.1. The maximum Gasteiger partial charge on any atom is 0.257 e. The van der Waals surface area contributed by atoms with Crippen LogP contribution in [-0.4, -0.2) is 31.2 Å². The highest BCUT2D eigenvalue weighted by molar-refractivity contribution is 5.85. The zero-order valence-corrected chi connectivity index (χ0v) is 19.7. The number of imidazole rings is 1. The predicted molar refractivity (Wildman–Crippen MR) is 126 cm³/mol. The molecule has 2 aromatic carbocycles. The Balaban J connectivity index is 0.00000289. The van der Waals surface area contributed by atoms with Crippen LogP contribution in [0.4, 0.5) is 0 Å². The molecule has 2 heterocycles. The van der Waals surface area contributed by atoms with Crippen LogP contribution in [0.2, 0.25) is 0 Å². The van der Waals surface area contributed by atoms with Crippen molar-refractivity contribution in [2.45, 2.75) is 39.3 Å². The van der Waals surface area contributed by atoms with E-state index in [1.807, 2.05) is 18.2 Å². The molecule has 0 aliphatic carbocycles. The molecular weight excluding hydrogens is 426 g/mol. The standard InChI is InChI=1S/C25H29N3O3.ClH/c1-18-6-9-20(10-7-18)21-16-27(25-5-4-14-28(21)25)17-24(29)26-13-12-19-8-11-22(30-2)23(15-19)31-3;/h6-11,15-16H,4-5,12-14,17H2,1-3H3;1H. The number of benzene rings is 2. The fourth-order valence-corrected chi connectivity index (χ4v) is 4.14. The van der Waals surface area contributed by atoms with E-state index in [0.29, 0.717) is 24.5 Å². The first-order valence-corrected chi connectivity index (χ1v) is 10.7. The molecule has 0 saturated carbocycles. The van der Waals surface area contributed by atoms with Crippen LogP contribution >= 0.6 is 12.4 Å². The number of hydrogen-bond donors (Lipinski definition) is 0. The SMILES string of the molecule is COc1ccc(CCN=C([O-])C[n+]2cc(-c3ccc(C)cc3)n3c2CCC3)cc1OC.Cl. The van der Waals surface area contributed by atoms with Gasteiger partial charge in [0.25, 0.3) is 5.82 Å². The molecule has 0 spiro atoms. The van der Waals surface area contributed by atoms with Crippen molar-refractivity contribution in [2.24, 2.45) is 4.99 Å². The lowest BCUT2D eigenvalue weighted by atomic mass is 10.1. The molecule has 3 aromatic rings. The summed E-state index contributed by atoms with van der Waals surface area (Å²) < 4.78 is 15.0. The van der Waals surface area contributed by atoms with Crippen LogP contribution in [0.15, 0.2) is 53.7 Å². The fraction of sp³-hybridized carbons (Fsp3) is 0.360. The number of ether oxygens (including phenoxy) is 2.